The third-order valence-corrected chi connectivity index (χ3v) is 6.72. The highest BCUT2D eigenvalue weighted by atomic mass is 35.5. The Morgan fingerprint density at radius 1 is 1.03 bits per heavy atom. The highest BCUT2D eigenvalue weighted by Gasteiger charge is 2.16. The van der Waals surface area contributed by atoms with Crippen molar-refractivity contribution in [2.24, 2.45) is 7.05 Å². The molecule has 0 saturated heterocycles. The van der Waals surface area contributed by atoms with Crippen LogP contribution in [-0.2, 0) is 28.2 Å². The predicted molar refractivity (Wildman–Crippen MR) is 115 cm³/mol. The molecule has 0 spiro atoms. The number of hydrogen-bond donors (Lipinski definition) is 0. The molecule has 3 rings (SSSR count). The Morgan fingerprint density at radius 2 is 1.76 bits per heavy atom. The lowest BCUT2D eigenvalue weighted by molar-refractivity contribution is 0.163. The summed E-state index contributed by atoms with van der Waals surface area (Å²) in [6.45, 7) is 1.75. The van der Waals surface area contributed by atoms with Crippen LogP contribution in [-0.4, -0.2) is 18.9 Å². The zero-order valence-electron chi connectivity index (χ0n) is 15.9. The van der Waals surface area contributed by atoms with Gasteiger partial charge in [0.2, 0.25) is 9.84 Å². The average molecular weight is 452 g/mol. The molecule has 0 aliphatic carbocycles. The minimum absolute atomic E-state index is 0.0261. The van der Waals surface area contributed by atoms with Gasteiger partial charge in [0.05, 0.1) is 21.5 Å². The molecule has 0 amide bonds. The molecule has 2 aromatic carbocycles. The van der Waals surface area contributed by atoms with E-state index in [1.165, 1.54) is 10.6 Å². The summed E-state index contributed by atoms with van der Waals surface area (Å²) in [5.41, 5.74) is 2.56. The van der Waals surface area contributed by atoms with Gasteiger partial charge >= 0.3 is 0 Å². The van der Waals surface area contributed by atoms with E-state index >= 15 is 0 Å². The minimum Gasteiger partial charge on any atom is -0.360 e. The average Bonchev–Trinajstić information content (AvgIpc) is 2.69. The molecule has 0 aliphatic heterocycles. The quantitative estimate of drug-likeness (QED) is 0.548. The van der Waals surface area contributed by atoms with Crippen molar-refractivity contribution in [2.45, 2.75) is 18.4 Å². The van der Waals surface area contributed by atoms with E-state index in [0.717, 1.165) is 5.56 Å². The maximum absolute atomic E-state index is 12.7. The third-order valence-electron chi connectivity index (χ3n) is 4.42. The molecule has 5 nitrogen and oxygen atoms in total. The summed E-state index contributed by atoms with van der Waals surface area (Å²) in [6, 6.07) is 13.4. The molecule has 29 heavy (non-hydrogen) atoms. The number of hydrogen-bond acceptors (Lipinski definition) is 4. The van der Waals surface area contributed by atoms with Crippen molar-refractivity contribution >= 4 is 33.0 Å². The Balaban J connectivity index is 1.80. The number of aromatic nitrogens is 1. The van der Waals surface area contributed by atoms with Gasteiger partial charge in [0.15, 0.2) is 5.94 Å². The molecule has 0 fully saturated rings. The first-order chi connectivity index (χ1) is 13.7. The van der Waals surface area contributed by atoms with Crippen LogP contribution in [0, 0.1) is 6.92 Å². The summed E-state index contributed by atoms with van der Waals surface area (Å²) in [5.74, 6) is -0.494. The lowest BCUT2D eigenvalue weighted by Gasteiger charge is -2.10. The maximum atomic E-state index is 12.7. The SMILES string of the molecule is Cc1cc(-c2cccc(S(=O)(=O)COCc3cccc(Cl)c3Cl)c2)cn(C)c1=O. The first-order valence-electron chi connectivity index (χ1n) is 8.70. The van der Waals surface area contributed by atoms with Crippen molar-refractivity contribution in [2.75, 3.05) is 5.94 Å². The van der Waals surface area contributed by atoms with Crippen molar-refractivity contribution in [1.29, 1.82) is 0 Å². The Hall–Kier alpha value is -2.12. The van der Waals surface area contributed by atoms with E-state index < -0.39 is 15.8 Å². The first-order valence-corrected chi connectivity index (χ1v) is 11.1. The van der Waals surface area contributed by atoms with Crippen LogP contribution in [0.4, 0.5) is 0 Å². The van der Waals surface area contributed by atoms with E-state index in [-0.39, 0.29) is 17.1 Å². The normalized spacial score (nSPS) is 11.6. The molecule has 0 radical (unpaired) electrons. The predicted octanol–water partition coefficient (Wildman–Crippen LogP) is 4.62. The second-order valence-corrected chi connectivity index (χ2v) is 9.37. The minimum atomic E-state index is -3.68. The lowest BCUT2D eigenvalue weighted by atomic mass is 10.1. The number of aryl methyl sites for hydroxylation is 2. The van der Waals surface area contributed by atoms with E-state index in [0.29, 0.717) is 26.7 Å². The molecule has 0 atom stereocenters. The summed E-state index contributed by atoms with van der Waals surface area (Å²) in [5, 5.41) is 0.731. The maximum Gasteiger partial charge on any atom is 0.253 e. The van der Waals surface area contributed by atoms with E-state index in [1.54, 1.807) is 62.6 Å². The van der Waals surface area contributed by atoms with Gasteiger partial charge in [0.1, 0.15) is 0 Å². The third kappa shape index (κ3) is 4.90. The summed E-state index contributed by atoms with van der Waals surface area (Å²) in [7, 11) is -2.02. The highest BCUT2D eigenvalue weighted by Crippen LogP contribution is 2.27. The zero-order chi connectivity index (χ0) is 21.2. The molecule has 0 saturated carbocycles. The molecule has 0 aliphatic rings. The molecule has 0 N–H and O–H groups in total. The Labute approximate surface area is 179 Å². The number of sulfone groups is 1. The van der Waals surface area contributed by atoms with Gasteiger partial charge in [-0.1, -0.05) is 47.5 Å². The number of nitrogens with zero attached hydrogens (tertiary/aromatic N) is 1. The Kier molecular flexibility index (Phi) is 6.49. The van der Waals surface area contributed by atoms with Crippen LogP contribution >= 0.6 is 23.2 Å². The highest BCUT2D eigenvalue weighted by molar-refractivity contribution is 7.91. The fourth-order valence-electron chi connectivity index (χ4n) is 2.89. The largest absolute Gasteiger partial charge is 0.360 e. The second kappa shape index (κ2) is 8.71. The molecular weight excluding hydrogens is 433 g/mol. The molecule has 8 heteroatoms. The number of rotatable bonds is 6. The van der Waals surface area contributed by atoms with Gasteiger partial charge in [0, 0.05) is 18.8 Å². The van der Waals surface area contributed by atoms with Gasteiger partial charge in [-0.2, -0.15) is 0 Å². The number of ether oxygens (including phenoxy) is 1. The van der Waals surface area contributed by atoms with Gasteiger partial charge < -0.3 is 9.30 Å². The summed E-state index contributed by atoms with van der Waals surface area (Å²) in [4.78, 5) is 12.0. The van der Waals surface area contributed by atoms with Crippen LogP contribution in [0.15, 0.2) is 64.4 Å². The topological polar surface area (TPSA) is 65.4 Å². The van der Waals surface area contributed by atoms with Crippen LogP contribution in [0.25, 0.3) is 11.1 Å². The standard InChI is InChI=1S/C21H19Cl2NO4S/c1-14-9-17(11-24(2)21(14)25)15-5-3-7-18(10-15)29(26,27)13-28-12-16-6-4-8-19(22)20(16)23/h3-11H,12-13H2,1-2H3. The van der Waals surface area contributed by atoms with E-state index in [2.05, 4.69) is 0 Å². The van der Waals surface area contributed by atoms with Gasteiger partial charge in [-0.05, 0) is 47.9 Å². The Morgan fingerprint density at radius 3 is 2.48 bits per heavy atom. The van der Waals surface area contributed by atoms with E-state index in [4.69, 9.17) is 27.9 Å². The zero-order valence-corrected chi connectivity index (χ0v) is 18.2. The monoisotopic (exact) mass is 451 g/mol. The van der Waals surface area contributed by atoms with Gasteiger partial charge in [-0.25, -0.2) is 8.42 Å². The van der Waals surface area contributed by atoms with E-state index in [1.807, 2.05) is 0 Å². The summed E-state index contributed by atoms with van der Waals surface area (Å²) >= 11 is 12.1. The second-order valence-electron chi connectivity index (χ2n) is 6.65. The van der Waals surface area contributed by atoms with Crippen LogP contribution in [0.3, 0.4) is 0 Å². The van der Waals surface area contributed by atoms with Crippen LogP contribution < -0.4 is 5.56 Å². The Bertz CT molecular complexity index is 1190. The number of halogens is 2. The van der Waals surface area contributed by atoms with Gasteiger partial charge in [0.25, 0.3) is 5.56 Å². The molecule has 0 bridgehead atoms. The van der Waals surface area contributed by atoms with E-state index in [9.17, 15) is 13.2 Å². The van der Waals surface area contributed by atoms with Crippen molar-refractivity contribution in [3.8, 4) is 11.1 Å². The van der Waals surface area contributed by atoms with Crippen molar-refractivity contribution < 1.29 is 13.2 Å². The number of pyridine rings is 1. The molecule has 3 aromatic rings. The van der Waals surface area contributed by atoms with Crippen molar-refractivity contribution in [3.63, 3.8) is 0 Å². The lowest BCUT2D eigenvalue weighted by Crippen LogP contribution is -2.18. The van der Waals surface area contributed by atoms with Crippen LogP contribution in [0.5, 0.6) is 0 Å². The molecule has 0 unspecified atom stereocenters. The van der Waals surface area contributed by atoms with Crippen LogP contribution in [0.1, 0.15) is 11.1 Å². The van der Waals surface area contributed by atoms with Crippen molar-refractivity contribution in [3.05, 3.63) is 86.3 Å². The summed E-state index contributed by atoms with van der Waals surface area (Å²) < 4.78 is 32.3. The number of benzene rings is 2. The molecular formula is C21H19Cl2NO4S. The fraction of sp³-hybridized carbons (Fsp3) is 0.190. The molecule has 1 aromatic heterocycles. The van der Waals surface area contributed by atoms with Crippen LogP contribution in [0.2, 0.25) is 10.0 Å². The fourth-order valence-corrected chi connectivity index (χ4v) is 4.30. The first kappa shape index (κ1) is 21.6. The van der Waals surface area contributed by atoms with Crippen molar-refractivity contribution in [1.82, 2.24) is 4.57 Å². The molecule has 152 valence electrons. The van der Waals surface area contributed by atoms with Gasteiger partial charge in [-0.3, -0.25) is 4.79 Å². The van der Waals surface area contributed by atoms with Gasteiger partial charge in [-0.15, -0.1) is 0 Å². The smallest absolute Gasteiger partial charge is 0.253 e. The summed E-state index contributed by atoms with van der Waals surface area (Å²) in [6.07, 6.45) is 1.68. The molecule has 1 heterocycles.